The zero-order valence-electron chi connectivity index (χ0n) is 26.0. The van der Waals surface area contributed by atoms with E-state index in [0.29, 0.717) is 18.5 Å². The molecule has 0 unspecified atom stereocenters. The van der Waals surface area contributed by atoms with Gasteiger partial charge in [0.15, 0.2) is 0 Å². The molecule has 1 aromatic carbocycles. The normalized spacial score (nSPS) is 14.6. The second-order valence-corrected chi connectivity index (χ2v) is 11.1. The second-order valence-electron chi connectivity index (χ2n) is 11.1. The van der Waals surface area contributed by atoms with Crippen LogP contribution in [0.3, 0.4) is 0 Å². The van der Waals surface area contributed by atoms with Crippen molar-refractivity contribution < 1.29 is 14.4 Å². The number of piperazine rings is 1. The largest absolute Gasteiger partial charge is 0.354 e. The quantitative estimate of drug-likeness (QED) is 0.119. The number of nitrogens with zero attached hydrogens (tertiary/aromatic N) is 5. The Hall–Kier alpha value is -4.77. The molecule has 0 radical (unpaired) electrons. The van der Waals surface area contributed by atoms with Crippen LogP contribution in [-0.4, -0.2) is 79.2 Å². The monoisotopic (exact) mass is 598 g/mol. The number of hydrogen-bond donors (Lipinski definition) is 3. The van der Waals surface area contributed by atoms with Gasteiger partial charge in [-0.2, -0.15) is 5.10 Å². The maximum absolute atomic E-state index is 13.7. The highest BCUT2D eigenvalue weighted by atomic mass is 16.2. The Morgan fingerprint density at radius 3 is 2.52 bits per heavy atom. The molecule has 3 N–H and O–H groups in total. The number of pyridine rings is 1. The first-order chi connectivity index (χ1) is 21.2. The summed E-state index contributed by atoms with van der Waals surface area (Å²) < 4.78 is 1.79. The molecular weight excluding hydrogens is 556 g/mol. The third kappa shape index (κ3) is 7.99. The number of nitrogens with one attached hydrogen (secondary N) is 3. The van der Waals surface area contributed by atoms with Gasteiger partial charge in [0.2, 0.25) is 6.41 Å². The van der Waals surface area contributed by atoms with Gasteiger partial charge >= 0.3 is 0 Å². The van der Waals surface area contributed by atoms with Gasteiger partial charge in [-0.25, -0.2) is 10.4 Å². The fourth-order valence-electron chi connectivity index (χ4n) is 5.34. The van der Waals surface area contributed by atoms with E-state index in [0.717, 1.165) is 83.7 Å². The first-order valence-corrected chi connectivity index (χ1v) is 14.9. The summed E-state index contributed by atoms with van der Waals surface area (Å²) in [6.07, 6.45) is 7.98. The van der Waals surface area contributed by atoms with Crippen LogP contribution in [-0.2, 0) is 16.1 Å². The van der Waals surface area contributed by atoms with Gasteiger partial charge in [-0.15, -0.1) is 0 Å². The molecule has 11 nitrogen and oxygen atoms in total. The zero-order chi connectivity index (χ0) is 31.6. The molecule has 3 amide bonds. The molecular formula is C33H42N8O3. The Morgan fingerprint density at radius 1 is 1.09 bits per heavy atom. The number of fused-ring (bicyclic) bond motifs is 1. The second kappa shape index (κ2) is 15.1. The Labute approximate surface area is 258 Å². The SMILES string of the molecule is C=NNC(=O)Cn1ccc2c(C(=O)NC/C(C)=C(/C=C(/C)NC=O)CCC)cc(-c3ccc(N4CCN(C)CC4)nc3)cc21. The lowest BCUT2D eigenvalue weighted by molar-refractivity contribution is -0.121. The smallest absolute Gasteiger partial charge is 0.259 e. The maximum atomic E-state index is 13.7. The van der Waals surface area contributed by atoms with E-state index in [1.165, 1.54) is 0 Å². The van der Waals surface area contributed by atoms with E-state index in [-0.39, 0.29) is 18.4 Å². The number of amides is 3. The number of aromatic nitrogens is 2. The number of allylic oxidation sites excluding steroid dienone is 3. The Kier molecular flexibility index (Phi) is 11.0. The molecule has 3 heterocycles. The lowest BCUT2D eigenvalue weighted by atomic mass is 10.00. The molecule has 3 aromatic rings. The van der Waals surface area contributed by atoms with Crippen LogP contribution in [0.4, 0.5) is 5.82 Å². The van der Waals surface area contributed by atoms with Crippen molar-refractivity contribution in [2.45, 2.75) is 40.2 Å². The van der Waals surface area contributed by atoms with Crippen molar-refractivity contribution in [3.8, 4) is 11.1 Å². The van der Waals surface area contributed by atoms with Gasteiger partial charge in [-0.1, -0.05) is 18.9 Å². The minimum absolute atomic E-state index is 0.0242. The molecule has 0 saturated carbocycles. The van der Waals surface area contributed by atoms with Crippen LogP contribution in [0.2, 0.25) is 0 Å². The molecule has 44 heavy (non-hydrogen) atoms. The van der Waals surface area contributed by atoms with E-state index in [2.05, 4.69) is 51.6 Å². The third-order valence-corrected chi connectivity index (χ3v) is 7.82. The zero-order valence-corrected chi connectivity index (χ0v) is 26.0. The van der Waals surface area contributed by atoms with Gasteiger partial charge < -0.3 is 25.0 Å². The molecule has 4 rings (SSSR count). The lowest BCUT2D eigenvalue weighted by Crippen LogP contribution is -2.44. The number of anilines is 1. The van der Waals surface area contributed by atoms with Gasteiger partial charge in [-0.3, -0.25) is 14.4 Å². The van der Waals surface area contributed by atoms with Crippen molar-refractivity contribution in [3.05, 3.63) is 71.2 Å². The summed E-state index contributed by atoms with van der Waals surface area (Å²) in [5.41, 5.74) is 8.12. The van der Waals surface area contributed by atoms with Gasteiger partial charge in [0.25, 0.3) is 11.8 Å². The highest BCUT2D eigenvalue weighted by molar-refractivity contribution is 6.08. The summed E-state index contributed by atoms with van der Waals surface area (Å²) in [6.45, 7) is 13.4. The van der Waals surface area contributed by atoms with E-state index < -0.39 is 0 Å². The highest BCUT2D eigenvalue weighted by Gasteiger charge is 2.18. The van der Waals surface area contributed by atoms with E-state index in [1.54, 1.807) is 10.8 Å². The molecule has 0 bridgehead atoms. The highest BCUT2D eigenvalue weighted by Crippen LogP contribution is 2.30. The van der Waals surface area contributed by atoms with E-state index in [4.69, 9.17) is 4.98 Å². The van der Waals surface area contributed by atoms with Crippen LogP contribution >= 0.6 is 0 Å². The first kappa shape index (κ1) is 32.2. The minimum Gasteiger partial charge on any atom is -0.354 e. The molecule has 0 spiro atoms. The number of hydrogen-bond acceptors (Lipinski definition) is 7. The standard InChI is InChI=1S/C33H42N8O3/c1-6-7-25(16-24(3)37-22-42)23(2)19-36-33(44)29-17-27(18-30-28(29)10-11-41(30)21-32(43)38-34-4)26-8-9-31(35-20-26)40-14-12-39(5)13-15-40/h8-11,16-18,20,22H,4,6-7,12-15,19,21H2,1-3,5H3,(H,36,44)(H,37,42)(H,38,43)/b24-16-,25-23+. The first-order valence-electron chi connectivity index (χ1n) is 14.9. The van der Waals surface area contributed by atoms with E-state index in [1.807, 2.05) is 56.5 Å². The van der Waals surface area contributed by atoms with Crippen molar-refractivity contribution in [3.63, 3.8) is 0 Å². The molecule has 11 heteroatoms. The summed E-state index contributed by atoms with van der Waals surface area (Å²) in [7, 11) is 2.12. The number of likely N-dealkylation sites (N-methyl/N-ethyl adjacent to an activating group) is 1. The summed E-state index contributed by atoms with van der Waals surface area (Å²) in [5.74, 6) is 0.384. The number of carbonyl (C=O) groups is 3. The predicted octanol–water partition coefficient (Wildman–Crippen LogP) is 3.68. The van der Waals surface area contributed by atoms with Crippen molar-refractivity contribution in [2.75, 3.05) is 44.7 Å². The predicted molar refractivity (Wildman–Crippen MR) is 175 cm³/mol. The Bertz CT molecular complexity index is 1560. The van der Waals surface area contributed by atoms with Gasteiger partial charge in [0, 0.05) is 79.6 Å². The summed E-state index contributed by atoms with van der Waals surface area (Å²) in [5, 5.41) is 9.98. The van der Waals surface area contributed by atoms with Crippen molar-refractivity contribution in [2.24, 2.45) is 5.10 Å². The average molecular weight is 599 g/mol. The number of carbonyl (C=O) groups excluding carboxylic acids is 3. The fraction of sp³-hybridized carbons (Fsp3) is 0.364. The average Bonchev–Trinajstić information content (AvgIpc) is 3.42. The van der Waals surface area contributed by atoms with Crippen molar-refractivity contribution >= 4 is 41.7 Å². The Morgan fingerprint density at radius 2 is 1.86 bits per heavy atom. The van der Waals surface area contributed by atoms with Crippen LogP contribution in [0, 0.1) is 0 Å². The van der Waals surface area contributed by atoms with Crippen LogP contribution in [0.1, 0.15) is 44.0 Å². The molecule has 1 fully saturated rings. The van der Waals surface area contributed by atoms with Crippen LogP contribution in [0.5, 0.6) is 0 Å². The maximum Gasteiger partial charge on any atom is 0.259 e. The van der Waals surface area contributed by atoms with Crippen LogP contribution in [0.15, 0.2) is 70.7 Å². The molecule has 1 aliphatic heterocycles. The van der Waals surface area contributed by atoms with Gasteiger partial charge in [-0.05, 0) is 74.9 Å². The molecule has 2 aromatic heterocycles. The summed E-state index contributed by atoms with van der Waals surface area (Å²) in [6, 6.07) is 9.75. The number of hydrazone groups is 1. The van der Waals surface area contributed by atoms with Crippen LogP contribution in [0.25, 0.3) is 22.0 Å². The topological polar surface area (TPSA) is 124 Å². The van der Waals surface area contributed by atoms with Crippen molar-refractivity contribution in [1.82, 2.24) is 30.5 Å². The minimum atomic E-state index is -0.316. The summed E-state index contributed by atoms with van der Waals surface area (Å²) >= 11 is 0. The molecule has 1 aliphatic rings. The van der Waals surface area contributed by atoms with E-state index in [9.17, 15) is 14.4 Å². The molecule has 0 atom stereocenters. The Balaban J connectivity index is 1.67. The van der Waals surface area contributed by atoms with Gasteiger partial charge in [0.05, 0.1) is 0 Å². The number of benzene rings is 1. The molecule has 0 aliphatic carbocycles. The van der Waals surface area contributed by atoms with Crippen molar-refractivity contribution in [1.29, 1.82) is 0 Å². The lowest BCUT2D eigenvalue weighted by Gasteiger charge is -2.33. The number of rotatable bonds is 13. The summed E-state index contributed by atoms with van der Waals surface area (Å²) in [4.78, 5) is 46.3. The van der Waals surface area contributed by atoms with Gasteiger partial charge in [0.1, 0.15) is 12.4 Å². The third-order valence-electron chi connectivity index (χ3n) is 7.82. The molecule has 232 valence electrons. The molecule has 1 saturated heterocycles. The van der Waals surface area contributed by atoms with Crippen LogP contribution < -0.4 is 21.0 Å². The fourth-order valence-corrected chi connectivity index (χ4v) is 5.34. The van der Waals surface area contributed by atoms with E-state index >= 15 is 0 Å².